The molecule has 3 aromatic carbocycles. The Kier molecular flexibility index (Phi) is 3.76. The Morgan fingerprint density at radius 1 is 0.962 bits per heavy atom. The van der Waals surface area contributed by atoms with Crippen LogP contribution < -0.4 is 10.1 Å². The molecule has 0 unspecified atom stereocenters. The van der Waals surface area contributed by atoms with Crippen LogP contribution in [0.2, 0.25) is 0 Å². The van der Waals surface area contributed by atoms with Crippen LogP contribution in [-0.4, -0.2) is 0 Å². The molecule has 130 valence electrons. The minimum absolute atomic E-state index is 0.0976. The van der Waals surface area contributed by atoms with Crippen molar-refractivity contribution < 1.29 is 9.47 Å². The molecule has 0 saturated heterocycles. The van der Waals surface area contributed by atoms with Gasteiger partial charge in [0.1, 0.15) is 5.75 Å². The Bertz CT molecular complexity index is 959. The summed E-state index contributed by atoms with van der Waals surface area (Å²) in [5, 5.41) is 3.66. The lowest BCUT2D eigenvalue weighted by Crippen LogP contribution is -2.40. The van der Waals surface area contributed by atoms with E-state index in [1.807, 2.05) is 30.3 Å². The lowest BCUT2D eigenvalue weighted by molar-refractivity contribution is -0.196. The Labute approximate surface area is 161 Å². The Hall–Kier alpha value is -2.30. The number of hydrogen-bond acceptors (Lipinski definition) is 3. The molecule has 0 radical (unpaired) electrons. The quantitative estimate of drug-likeness (QED) is 0.584. The van der Waals surface area contributed by atoms with Crippen LogP contribution in [-0.2, 0) is 17.1 Å². The molecule has 5 rings (SSSR count). The molecule has 3 aromatic rings. The zero-order chi connectivity index (χ0) is 17.6. The van der Waals surface area contributed by atoms with Crippen LogP contribution >= 0.6 is 15.9 Å². The third-order valence-corrected chi connectivity index (χ3v) is 5.60. The fourth-order valence-corrected chi connectivity index (χ4v) is 4.23. The average molecular weight is 408 g/mol. The first-order valence-electron chi connectivity index (χ1n) is 8.76. The van der Waals surface area contributed by atoms with Gasteiger partial charge in [-0.2, -0.15) is 0 Å². The fourth-order valence-electron chi connectivity index (χ4n) is 3.89. The van der Waals surface area contributed by atoms with Crippen LogP contribution in [0.1, 0.15) is 29.2 Å². The van der Waals surface area contributed by atoms with E-state index in [2.05, 4.69) is 63.7 Å². The van der Waals surface area contributed by atoms with Gasteiger partial charge in [-0.1, -0.05) is 64.5 Å². The molecule has 2 atom stereocenters. The highest BCUT2D eigenvalue weighted by Crippen LogP contribution is 2.50. The van der Waals surface area contributed by atoms with Gasteiger partial charge in [0.15, 0.2) is 0 Å². The number of rotatable bonds is 2. The van der Waals surface area contributed by atoms with E-state index < -0.39 is 5.79 Å². The van der Waals surface area contributed by atoms with Gasteiger partial charge in [-0.05, 0) is 29.8 Å². The Morgan fingerprint density at radius 2 is 1.77 bits per heavy atom. The summed E-state index contributed by atoms with van der Waals surface area (Å²) >= 11 is 3.56. The molecule has 2 heterocycles. The third-order valence-electron chi connectivity index (χ3n) is 5.10. The van der Waals surface area contributed by atoms with E-state index in [1.165, 1.54) is 5.56 Å². The molecule has 1 N–H and O–H groups in total. The van der Waals surface area contributed by atoms with E-state index >= 15 is 0 Å². The van der Waals surface area contributed by atoms with Gasteiger partial charge in [-0.3, -0.25) is 0 Å². The standard InChI is InChI=1S/C22H18BrNO2/c23-16-10-11-18-20(24-17-7-2-1-3-8-17)13-22(26-21(18)12-16)19-9-5-4-6-15(19)14-25-22/h1-12,20,24H,13-14H2/t20-,22+/m1/s1. The predicted octanol–water partition coefficient (Wildman–Crippen LogP) is 5.77. The lowest BCUT2D eigenvalue weighted by atomic mass is 9.89. The summed E-state index contributed by atoms with van der Waals surface area (Å²) in [5.74, 6) is 0.118. The summed E-state index contributed by atoms with van der Waals surface area (Å²) in [4.78, 5) is 0. The first-order valence-corrected chi connectivity index (χ1v) is 9.55. The molecule has 0 aromatic heterocycles. The topological polar surface area (TPSA) is 30.5 Å². The SMILES string of the molecule is Brc1ccc2c(c1)O[C@]1(C[C@H]2Nc2ccccc2)OCc2ccccc21. The van der Waals surface area contributed by atoms with Crippen molar-refractivity contribution in [1.29, 1.82) is 0 Å². The van der Waals surface area contributed by atoms with Gasteiger partial charge in [0.2, 0.25) is 5.79 Å². The summed E-state index contributed by atoms with van der Waals surface area (Å²) in [5.41, 5.74) is 4.57. The van der Waals surface area contributed by atoms with Crippen LogP contribution in [0.3, 0.4) is 0 Å². The molecule has 0 fully saturated rings. The van der Waals surface area contributed by atoms with Crippen molar-refractivity contribution in [1.82, 2.24) is 0 Å². The molecule has 1 spiro atoms. The summed E-state index contributed by atoms with van der Waals surface area (Å²) in [6, 6.07) is 24.9. The molecule has 0 amide bonds. The van der Waals surface area contributed by atoms with Gasteiger partial charge in [-0.25, -0.2) is 0 Å². The zero-order valence-electron chi connectivity index (χ0n) is 14.1. The number of hydrogen-bond donors (Lipinski definition) is 1. The van der Waals surface area contributed by atoms with Crippen molar-refractivity contribution in [2.75, 3.05) is 5.32 Å². The van der Waals surface area contributed by atoms with Gasteiger partial charge >= 0.3 is 0 Å². The normalized spacial score (nSPS) is 23.2. The van der Waals surface area contributed by atoms with Crippen LogP contribution in [0.25, 0.3) is 0 Å². The van der Waals surface area contributed by atoms with Crippen molar-refractivity contribution in [2.45, 2.75) is 24.9 Å². The van der Waals surface area contributed by atoms with Gasteiger partial charge in [0.25, 0.3) is 0 Å². The highest BCUT2D eigenvalue weighted by atomic mass is 79.9. The van der Waals surface area contributed by atoms with Crippen molar-refractivity contribution >= 4 is 21.6 Å². The van der Waals surface area contributed by atoms with Crippen molar-refractivity contribution in [2.24, 2.45) is 0 Å². The molecule has 2 aliphatic heterocycles. The van der Waals surface area contributed by atoms with Gasteiger partial charge in [0, 0.05) is 27.7 Å². The number of ether oxygens (including phenoxy) is 2. The first-order chi connectivity index (χ1) is 12.7. The van der Waals surface area contributed by atoms with E-state index in [1.54, 1.807) is 0 Å². The van der Waals surface area contributed by atoms with Crippen LogP contribution in [0.4, 0.5) is 5.69 Å². The molecule has 3 nitrogen and oxygen atoms in total. The average Bonchev–Trinajstić information content (AvgIpc) is 3.00. The van der Waals surface area contributed by atoms with E-state index in [0.717, 1.165) is 27.0 Å². The van der Waals surface area contributed by atoms with Crippen LogP contribution in [0, 0.1) is 0 Å². The summed E-state index contributed by atoms with van der Waals surface area (Å²) in [7, 11) is 0. The lowest BCUT2D eigenvalue weighted by Gasteiger charge is -2.40. The van der Waals surface area contributed by atoms with Crippen LogP contribution in [0.15, 0.2) is 77.3 Å². The second-order valence-corrected chi connectivity index (χ2v) is 7.67. The third kappa shape index (κ3) is 2.61. The maximum Gasteiger partial charge on any atom is 0.240 e. The van der Waals surface area contributed by atoms with E-state index in [-0.39, 0.29) is 6.04 Å². The maximum atomic E-state index is 6.46. The second-order valence-electron chi connectivity index (χ2n) is 6.75. The number of nitrogens with one attached hydrogen (secondary N) is 1. The Morgan fingerprint density at radius 3 is 2.65 bits per heavy atom. The van der Waals surface area contributed by atoms with Crippen LogP contribution in [0.5, 0.6) is 5.75 Å². The molecule has 0 saturated carbocycles. The van der Waals surface area contributed by atoms with E-state index in [4.69, 9.17) is 9.47 Å². The first kappa shape index (κ1) is 15.9. The number of para-hydroxylation sites is 1. The van der Waals surface area contributed by atoms with E-state index in [0.29, 0.717) is 13.0 Å². The number of benzene rings is 3. The van der Waals surface area contributed by atoms with Crippen molar-refractivity contribution in [3.63, 3.8) is 0 Å². The molecule has 4 heteroatoms. The van der Waals surface area contributed by atoms with E-state index in [9.17, 15) is 0 Å². The highest BCUT2D eigenvalue weighted by molar-refractivity contribution is 9.10. The Balaban J connectivity index is 1.59. The minimum atomic E-state index is -0.739. The largest absolute Gasteiger partial charge is 0.457 e. The summed E-state index contributed by atoms with van der Waals surface area (Å²) in [6.07, 6.45) is 0.716. The monoisotopic (exact) mass is 407 g/mol. The molecular formula is C22H18BrNO2. The smallest absolute Gasteiger partial charge is 0.240 e. The van der Waals surface area contributed by atoms with Gasteiger partial charge in [0.05, 0.1) is 12.6 Å². The highest BCUT2D eigenvalue weighted by Gasteiger charge is 2.48. The van der Waals surface area contributed by atoms with Gasteiger partial charge in [-0.15, -0.1) is 0 Å². The summed E-state index contributed by atoms with van der Waals surface area (Å²) in [6.45, 7) is 0.581. The minimum Gasteiger partial charge on any atom is -0.457 e. The fraction of sp³-hybridized carbons (Fsp3) is 0.182. The zero-order valence-corrected chi connectivity index (χ0v) is 15.7. The molecule has 26 heavy (non-hydrogen) atoms. The number of halogens is 1. The summed E-state index contributed by atoms with van der Waals surface area (Å²) < 4.78 is 13.7. The molecule has 2 aliphatic rings. The predicted molar refractivity (Wildman–Crippen MR) is 105 cm³/mol. The molecule has 0 bridgehead atoms. The van der Waals surface area contributed by atoms with Crippen molar-refractivity contribution in [3.8, 4) is 5.75 Å². The van der Waals surface area contributed by atoms with Gasteiger partial charge < -0.3 is 14.8 Å². The molecular weight excluding hydrogens is 390 g/mol. The molecule has 0 aliphatic carbocycles. The second kappa shape index (κ2) is 6.15. The number of anilines is 1. The number of fused-ring (bicyclic) bond motifs is 3. The van der Waals surface area contributed by atoms with Crippen molar-refractivity contribution in [3.05, 3.63) is 94.0 Å². The maximum absolute atomic E-state index is 6.46.